The van der Waals surface area contributed by atoms with Crippen LogP contribution in [-0.4, -0.2) is 62.6 Å². The number of imidazole rings is 2. The van der Waals surface area contributed by atoms with E-state index in [0.29, 0.717) is 46.7 Å². The highest BCUT2D eigenvalue weighted by atomic mass is 19.3. The Kier molecular flexibility index (Phi) is 7.41. The van der Waals surface area contributed by atoms with E-state index in [2.05, 4.69) is 20.6 Å². The molecular formula is C42H43F2N7O3. The number of likely N-dealkylation sites (tertiary alicyclic amines) is 1. The number of carbonyl (C=O) groups excluding carboxylic acids is 2. The summed E-state index contributed by atoms with van der Waals surface area (Å²) < 4.78 is 37.7. The van der Waals surface area contributed by atoms with Gasteiger partial charge in [0.15, 0.2) is 0 Å². The molecule has 3 aromatic carbocycles. The largest absolute Gasteiger partial charge is 0.453 e. The smallest absolute Gasteiger partial charge is 0.407 e. The van der Waals surface area contributed by atoms with E-state index >= 15 is 8.78 Å². The molecule has 54 heavy (non-hydrogen) atoms. The summed E-state index contributed by atoms with van der Waals surface area (Å²) in [7, 11) is 1.28. The van der Waals surface area contributed by atoms with Crippen LogP contribution in [0.15, 0.2) is 60.8 Å². The maximum atomic E-state index is 16.4. The lowest BCUT2D eigenvalue weighted by Gasteiger charge is -2.30. The molecule has 3 aliphatic carbocycles. The van der Waals surface area contributed by atoms with Crippen LogP contribution < -0.4 is 10.6 Å². The van der Waals surface area contributed by atoms with E-state index in [1.807, 2.05) is 49.1 Å². The molecule has 5 atom stereocenters. The topological polar surface area (TPSA) is 128 Å². The molecule has 0 unspecified atom stereocenters. The number of nitrogens with one attached hydrogen (secondary N) is 4. The number of aromatic amines is 2. The average Bonchev–Trinajstić information content (AvgIpc) is 3.83. The number of aromatic nitrogens is 4. The van der Waals surface area contributed by atoms with E-state index in [1.165, 1.54) is 26.4 Å². The minimum atomic E-state index is -3.20. The maximum Gasteiger partial charge on any atom is 0.407 e. The molecule has 10 nitrogen and oxygen atoms in total. The number of nitrogens with zero attached hydrogens (tertiary/aromatic N) is 3. The zero-order chi connectivity index (χ0) is 37.1. The Balaban J connectivity index is 0.914. The zero-order valence-electron chi connectivity index (χ0n) is 30.5. The molecule has 5 aliphatic rings. The van der Waals surface area contributed by atoms with E-state index in [1.54, 1.807) is 30.5 Å². The molecule has 0 radical (unpaired) electrons. The lowest BCUT2D eigenvalue weighted by atomic mass is 9.98. The monoisotopic (exact) mass is 731 g/mol. The summed E-state index contributed by atoms with van der Waals surface area (Å²) in [6.45, 7) is 4.35. The molecular weight excluding hydrogens is 689 g/mol. The van der Waals surface area contributed by atoms with E-state index in [9.17, 15) is 9.59 Å². The molecule has 2 saturated carbocycles. The molecule has 4 N–H and O–H groups in total. The quantitative estimate of drug-likeness (QED) is 0.134. The Morgan fingerprint density at radius 3 is 2.35 bits per heavy atom. The van der Waals surface area contributed by atoms with Crippen molar-refractivity contribution in [2.75, 3.05) is 13.7 Å². The summed E-state index contributed by atoms with van der Waals surface area (Å²) in [5.41, 5.74) is 5.58. The van der Waals surface area contributed by atoms with Crippen LogP contribution in [0, 0.1) is 17.3 Å². The lowest BCUT2D eigenvalue weighted by molar-refractivity contribution is -0.135. The number of fused-ring (bicyclic) bond motifs is 6. The van der Waals surface area contributed by atoms with Gasteiger partial charge in [0.25, 0.3) is 5.92 Å². The summed E-state index contributed by atoms with van der Waals surface area (Å²) in [5.74, 6) is -1.37. The Labute approximate surface area is 311 Å². The van der Waals surface area contributed by atoms with Gasteiger partial charge in [0, 0.05) is 29.3 Å². The van der Waals surface area contributed by atoms with Crippen molar-refractivity contribution >= 4 is 23.0 Å². The molecule has 2 saturated heterocycles. The number of hydrogen-bond donors (Lipinski definition) is 4. The predicted molar refractivity (Wildman–Crippen MR) is 199 cm³/mol. The second-order valence-electron chi connectivity index (χ2n) is 16.6. The van der Waals surface area contributed by atoms with E-state index in [0.717, 1.165) is 47.2 Å². The van der Waals surface area contributed by atoms with Gasteiger partial charge in [0.05, 0.1) is 42.1 Å². The first-order valence-corrected chi connectivity index (χ1v) is 19.1. The van der Waals surface area contributed by atoms with Crippen molar-refractivity contribution in [2.24, 2.45) is 17.3 Å². The van der Waals surface area contributed by atoms with Gasteiger partial charge >= 0.3 is 6.09 Å². The SMILES string of the molecule is COC(=O)N[C@H](C(=O)N1CC2(CC2)C[C@H]1c1ncc(-c2ccc3c(c2)C(F)(F)c2cc(-c4ccc5nc([C@H]6N[C@@H]7CC[C@@H]6C7)[nH]c5c4)ccc2-3)[nH]1)C(C)C. The van der Waals surface area contributed by atoms with Crippen molar-refractivity contribution in [3.63, 3.8) is 0 Å². The molecule has 2 aliphatic heterocycles. The third kappa shape index (κ3) is 5.27. The average molecular weight is 732 g/mol. The number of ether oxygens (including phenoxy) is 1. The van der Waals surface area contributed by atoms with E-state index < -0.39 is 18.1 Å². The van der Waals surface area contributed by atoms with Gasteiger partial charge in [-0.1, -0.05) is 44.2 Å². The third-order valence-corrected chi connectivity index (χ3v) is 12.9. The Hall–Kier alpha value is -5.10. The first kappa shape index (κ1) is 33.5. The van der Waals surface area contributed by atoms with Gasteiger partial charge in [-0.05, 0) is 102 Å². The molecule has 2 aromatic heterocycles. The number of carbonyl (C=O) groups is 2. The predicted octanol–water partition coefficient (Wildman–Crippen LogP) is 7.99. The number of piperidine rings is 1. The van der Waals surface area contributed by atoms with Crippen LogP contribution in [0.2, 0.25) is 0 Å². The van der Waals surface area contributed by atoms with Crippen LogP contribution in [0.4, 0.5) is 13.6 Å². The van der Waals surface area contributed by atoms with Crippen molar-refractivity contribution in [3.8, 4) is 33.5 Å². The highest BCUT2D eigenvalue weighted by Crippen LogP contribution is 2.59. The molecule has 5 aromatic rings. The van der Waals surface area contributed by atoms with E-state index in [4.69, 9.17) is 14.7 Å². The van der Waals surface area contributed by atoms with Crippen molar-refractivity contribution in [2.45, 2.75) is 82.5 Å². The molecule has 4 fully saturated rings. The van der Waals surface area contributed by atoms with Crippen molar-refractivity contribution in [1.29, 1.82) is 0 Å². The van der Waals surface area contributed by atoms with Crippen LogP contribution in [0.5, 0.6) is 0 Å². The fraction of sp³-hybridized carbons (Fsp3) is 0.429. The summed E-state index contributed by atoms with van der Waals surface area (Å²) >= 11 is 0. The molecule has 10 rings (SSSR count). The Morgan fingerprint density at radius 1 is 0.944 bits per heavy atom. The van der Waals surface area contributed by atoms with Crippen molar-refractivity contribution < 1.29 is 23.1 Å². The number of alkyl carbamates (subject to hydrolysis) is 1. The molecule has 12 heteroatoms. The molecule has 2 amide bonds. The standard InChI is InChI=1S/C42H43F2N7O3/c1-21(2)35(50-40(53)54-3)39(52)51-20-41(12-13-41)18-34(51)37-45-19-33(49-37)24-6-10-28-27-9-5-22(15-29(27)42(43,44)30(28)16-24)23-7-11-31-32(17-23)48-38(47-31)36-25-4-8-26(14-25)46-36/h5-7,9-11,15-17,19,21,25-26,34-36,46H,4,8,12-14,18,20H2,1-3H3,(H,45,49)(H,47,48)(H,50,53)/t25-,26-,34+,35+,36+/m1/s1. The Morgan fingerprint density at radius 2 is 1.67 bits per heavy atom. The summed E-state index contributed by atoms with van der Waals surface area (Å²) in [5, 5.41) is 6.41. The van der Waals surface area contributed by atoms with Gasteiger partial charge in [-0.25, -0.2) is 14.8 Å². The summed E-state index contributed by atoms with van der Waals surface area (Å²) in [6.07, 6.45) is 7.46. The normalized spacial score (nSPS) is 24.7. The van der Waals surface area contributed by atoms with E-state index in [-0.39, 0.29) is 40.5 Å². The zero-order valence-corrected chi connectivity index (χ0v) is 30.5. The van der Waals surface area contributed by atoms with Crippen molar-refractivity contribution in [3.05, 3.63) is 83.6 Å². The number of H-pyrrole nitrogens is 2. The fourth-order valence-electron chi connectivity index (χ4n) is 9.69. The second kappa shape index (κ2) is 11.9. The first-order chi connectivity index (χ1) is 26.0. The van der Waals surface area contributed by atoms with Gasteiger partial charge in [0.2, 0.25) is 5.91 Å². The first-order valence-electron chi connectivity index (χ1n) is 19.1. The highest BCUT2D eigenvalue weighted by molar-refractivity contribution is 5.88. The van der Waals surface area contributed by atoms with Gasteiger partial charge in [-0.3, -0.25) is 4.79 Å². The lowest BCUT2D eigenvalue weighted by Crippen LogP contribution is -2.51. The maximum absolute atomic E-state index is 16.4. The second-order valence-corrected chi connectivity index (χ2v) is 16.6. The highest BCUT2D eigenvalue weighted by Gasteiger charge is 2.55. The molecule has 278 valence electrons. The van der Waals surface area contributed by atoms with Crippen LogP contribution in [0.3, 0.4) is 0 Å². The summed E-state index contributed by atoms with van der Waals surface area (Å²) in [4.78, 5) is 44.3. The van der Waals surface area contributed by atoms with Gasteiger partial charge in [0.1, 0.15) is 17.7 Å². The van der Waals surface area contributed by atoms with Gasteiger partial charge < -0.3 is 30.2 Å². The number of halogens is 2. The number of rotatable bonds is 7. The Bertz CT molecular complexity index is 2340. The van der Waals surface area contributed by atoms with Gasteiger partial charge in [-0.2, -0.15) is 8.78 Å². The number of methoxy groups -OCH3 is 1. The van der Waals surface area contributed by atoms with Crippen LogP contribution >= 0.6 is 0 Å². The third-order valence-electron chi connectivity index (χ3n) is 12.9. The van der Waals surface area contributed by atoms with Crippen molar-refractivity contribution in [1.82, 2.24) is 35.5 Å². The fourth-order valence-corrected chi connectivity index (χ4v) is 9.69. The van der Waals surface area contributed by atoms with Crippen LogP contribution in [0.25, 0.3) is 44.5 Å². The molecule has 4 heterocycles. The minimum Gasteiger partial charge on any atom is -0.453 e. The minimum absolute atomic E-state index is 0.0101. The molecule has 2 bridgehead atoms. The van der Waals surface area contributed by atoms with Gasteiger partial charge in [-0.15, -0.1) is 0 Å². The summed E-state index contributed by atoms with van der Waals surface area (Å²) in [6, 6.07) is 16.2. The number of alkyl halides is 2. The number of hydrogen-bond acceptors (Lipinski definition) is 6. The number of amides is 2. The number of benzene rings is 3. The molecule has 1 spiro atoms. The van der Waals surface area contributed by atoms with Crippen LogP contribution in [0.1, 0.15) is 87.2 Å². The van der Waals surface area contributed by atoms with Crippen LogP contribution in [-0.2, 0) is 15.5 Å².